The molecule has 0 saturated carbocycles. The van der Waals surface area contributed by atoms with Crippen LogP contribution in [0.5, 0.6) is 0 Å². The molecule has 5 heteroatoms. The van der Waals surface area contributed by atoms with E-state index < -0.39 is 5.16 Å². The maximum absolute atomic E-state index is 4.51. The first-order valence-corrected chi connectivity index (χ1v) is 16.0. The van der Waals surface area contributed by atoms with E-state index >= 15 is 0 Å². The summed E-state index contributed by atoms with van der Waals surface area (Å²) in [5.41, 5.74) is 7.57. The van der Waals surface area contributed by atoms with Crippen LogP contribution < -0.4 is 0 Å². The maximum atomic E-state index is 4.51. The van der Waals surface area contributed by atoms with Gasteiger partial charge in [0.1, 0.15) is 0 Å². The summed E-state index contributed by atoms with van der Waals surface area (Å²) in [7, 11) is 2.88. The summed E-state index contributed by atoms with van der Waals surface area (Å²) in [4.78, 5) is 9.01. The Morgan fingerprint density at radius 3 is 1.80 bits per heavy atom. The smallest absolute Gasteiger partial charge is 0.264 e. The van der Waals surface area contributed by atoms with Gasteiger partial charge in [-0.1, -0.05) is 79.3 Å². The van der Waals surface area contributed by atoms with Crippen molar-refractivity contribution in [2.24, 2.45) is 0 Å². The van der Waals surface area contributed by atoms with Crippen molar-refractivity contribution < 1.29 is 17.1 Å². The molecule has 1 atom stereocenters. The second-order valence-corrected chi connectivity index (χ2v) is 17.0. The molecule has 0 amide bonds. The van der Waals surface area contributed by atoms with Gasteiger partial charge < -0.3 is 0 Å². The SMILES string of the molecule is CC(C)(C)P(CC1=CC(=C2C=CC=C[CH-]2)C=C1C(P)(c1cccnc1)c1cccnc1)C(C)(C)C.[Fe+2].c1cc[cH-]c1. The molecule has 3 aromatic rings. The van der Waals surface area contributed by atoms with E-state index in [-0.39, 0.29) is 35.3 Å². The number of hydrogen-bond donors (Lipinski definition) is 0. The van der Waals surface area contributed by atoms with E-state index in [0.717, 1.165) is 17.3 Å². The molecule has 0 spiro atoms. The molecule has 0 radical (unpaired) electrons. The van der Waals surface area contributed by atoms with Crippen molar-refractivity contribution in [1.29, 1.82) is 0 Å². The third-order valence-corrected chi connectivity index (χ3v) is 12.1. The third kappa shape index (κ3) is 8.12. The van der Waals surface area contributed by atoms with E-state index in [1.807, 2.05) is 67.3 Å². The summed E-state index contributed by atoms with van der Waals surface area (Å²) < 4.78 is 0. The van der Waals surface area contributed by atoms with Gasteiger partial charge in [0.2, 0.25) is 0 Å². The maximum Gasteiger partial charge on any atom is 2.00 e. The molecule has 41 heavy (non-hydrogen) atoms. The van der Waals surface area contributed by atoms with E-state index in [1.165, 1.54) is 22.3 Å². The molecule has 0 aliphatic heterocycles. The minimum absolute atomic E-state index is 0. The normalized spacial score (nSPS) is 16.8. The third-order valence-electron chi connectivity index (χ3n) is 7.24. The van der Waals surface area contributed by atoms with Crippen LogP contribution in [-0.4, -0.2) is 26.4 Å². The van der Waals surface area contributed by atoms with Gasteiger partial charge in [-0.05, 0) is 50.9 Å². The zero-order valence-corrected chi connectivity index (χ0v) is 28.2. The van der Waals surface area contributed by atoms with Crippen molar-refractivity contribution in [3.63, 3.8) is 0 Å². The van der Waals surface area contributed by atoms with Crippen molar-refractivity contribution >= 4 is 17.2 Å². The van der Waals surface area contributed by atoms with Gasteiger partial charge in [-0.25, -0.2) is 12.1 Å². The zero-order valence-electron chi connectivity index (χ0n) is 25.0. The Bertz CT molecular complexity index is 1330. The van der Waals surface area contributed by atoms with Crippen LogP contribution in [0.15, 0.2) is 138 Å². The van der Waals surface area contributed by atoms with E-state index in [0.29, 0.717) is 0 Å². The molecule has 0 N–H and O–H groups in total. The Balaban J connectivity index is 0.000000696. The van der Waals surface area contributed by atoms with Gasteiger partial charge in [-0.2, -0.15) is 18.2 Å². The Labute approximate surface area is 262 Å². The van der Waals surface area contributed by atoms with Crippen molar-refractivity contribution in [1.82, 2.24) is 9.97 Å². The molecule has 5 rings (SSSR count). The van der Waals surface area contributed by atoms with Gasteiger partial charge in [0.05, 0.1) is 5.16 Å². The summed E-state index contributed by atoms with van der Waals surface area (Å²) in [6.45, 7) is 14.4. The van der Waals surface area contributed by atoms with Gasteiger partial charge in [-0.3, -0.25) is 9.97 Å². The van der Waals surface area contributed by atoms with Crippen LogP contribution in [0.1, 0.15) is 52.7 Å². The number of nitrogens with zero attached hydrogens (tertiary/aromatic N) is 2. The summed E-state index contributed by atoms with van der Waals surface area (Å²) >= 11 is 0. The van der Waals surface area contributed by atoms with Crippen LogP contribution in [-0.2, 0) is 22.2 Å². The van der Waals surface area contributed by atoms with Gasteiger partial charge in [0.15, 0.2) is 0 Å². The van der Waals surface area contributed by atoms with Crippen LogP contribution >= 0.6 is 17.2 Å². The van der Waals surface area contributed by atoms with Gasteiger partial charge in [0.25, 0.3) is 0 Å². The largest absolute Gasteiger partial charge is 2.00 e. The Kier molecular flexibility index (Phi) is 11.4. The Morgan fingerprint density at radius 2 is 1.39 bits per heavy atom. The molecule has 2 aliphatic rings. The second-order valence-electron chi connectivity index (χ2n) is 12.2. The second kappa shape index (κ2) is 14.2. The summed E-state index contributed by atoms with van der Waals surface area (Å²) in [5, 5.41) is 0.0318. The Hall–Kier alpha value is -2.40. The Morgan fingerprint density at radius 1 is 0.805 bits per heavy atom. The van der Waals surface area contributed by atoms with E-state index in [9.17, 15) is 0 Å². The molecular weight excluding hydrogens is 578 g/mol. The first kappa shape index (κ1) is 33.1. The van der Waals surface area contributed by atoms with Crippen molar-refractivity contribution in [2.45, 2.75) is 57.0 Å². The monoisotopic (exact) mass is 620 g/mol. The standard InChI is InChI=1S/C31H37N2P2.C5H5.Fe/c1-29(2,3)35(30(4,5)6)22-25-18-24(23-12-8-7-9-13-23)19-28(25)31(34,26-14-10-16-32-20-26)27-15-11-17-33-21-27;1-2-4-5-3-1;/h7-21H,22,34H2,1-6H3;1-5H;/q2*-1;+2. The molecular formula is C36H42FeN2P2. The minimum atomic E-state index is -0.443. The number of pyridine rings is 2. The van der Waals surface area contributed by atoms with Crippen molar-refractivity contribution in [3.8, 4) is 0 Å². The quantitative estimate of drug-likeness (QED) is 0.161. The van der Waals surface area contributed by atoms with Crippen LogP contribution in [0.4, 0.5) is 0 Å². The minimum Gasteiger partial charge on any atom is -0.264 e. The summed E-state index contributed by atoms with van der Waals surface area (Å²) in [6, 6.07) is 18.4. The molecule has 2 heterocycles. The fraction of sp³-hybridized carbons (Fsp3) is 0.278. The first-order valence-electron chi connectivity index (χ1n) is 13.9. The van der Waals surface area contributed by atoms with Crippen molar-refractivity contribution in [2.75, 3.05) is 6.16 Å². The first-order chi connectivity index (χ1) is 19.0. The topological polar surface area (TPSA) is 25.8 Å². The van der Waals surface area contributed by atoms with E-state index in [4.69, 9.17) is 0 Å². The summed E-state index contributed by atoms with van der Waals surface area (Å²) in [5.74, 6) is 0. The molecule has 1 aromatic carbocycles. The van der Waals surface area contributed by atoms with Crippen LogP contribution in [0.3, 0.4) is 0 Å². The van der Waals surface area contributed by atoms with Crippen LogP contribution in [0.2, 0.25) is 0 Å². The molecule has 0 saturated heterocycles. The van der Waals surface area contributed by atoms with E-state index in [2.05, 4.69) is 116 Å². The molecule has 2 aromatic heterocycles. The van der Waals surface area contributed by atoms with Gasteiger partial charge in [-0.15, -0.1) is 45.5 Å². The molecule has 214 valence electrons. The molecule has 1 unspecified atom stereocenters. The fourth-order valence-corrected chi connectivity index (χ4v) is 9.67. The number of aromatic nitrogens is 2. The molecule has 2 aliphatic carbocycles. The van der Waals surface area contributed by atoms with Gasteiger partial charge in [0, 0.05) is 24.8 Å². The predicted octanol–water partition coefficient (Wildman–Crippen LogP) is 9.57. The number of rotatable bonds is 5. The number of hydrogen-bond acceptors (Lipinski definition) is 2. The molecule has 0 bridgehead atoms. The van der Waals surface area contributed by atoms with Crippen molar-refractivity contribution in [3.05, 3.63) is 156 Å². The van der Waals surface area contributed by atoms with Crippen LogP contribution in [0, 0.1) is 6.42 Å². The van der Waals surface area contributed by atoms with E-state index in [1.54, 1.807) is 0 Å². The number of allylic oxidation sites excluding steroid dienone is 10. The fourth-order valence-electron chi connectivity index (χ4n) is 5.49. The zero-order chi connectivity index (χ0) is 28.8. The average molecular weight is 621 g/mol. The predicted molar refractivity (Wildman–Crippen MR) is 178 cm³/mol. The molecule has 2 nitrogen and oxygen atoms in total. The molecule has 0 fully saturated rings. The van der Waals surface area contributed by atoms with Crippen LogP contribution in [0.25, 0.3) is 0 Å². The van der Waals surface area contributed by atoms with Gasteiger partial charge >= 0.3 is 17.1 Å². The summed E-state index contributed by atoms with van der Waals surface area (Å²) in [6.07, 6.45) is 24.3. The average Bonchev–Trinajstić information content (AvgIpc) is 3.66.